The van der Waals surface area contributed by atoms with Gasteiger partial charge in [0.15, 0.2) is 0 Å². The summed E-state index contributed by atoms with van der Waals surface area (Å²) in [5.74, 6) is 2.79. The lowest BCUT2D eigenvalue weighted by Gasteiger charge is -2.10. The summed E-state index contributed by atoms with van der Waals surface area (Å²) in [7, 11) is 1.88. The second-order valence-electron chi connectivity index (χ2n) is 3.72. The summed E-state index contributed by atoms with van der Waals surface area (Å²) >= 11 is 0. The summed E-state index contributed by atoms with van der Waals surface area (Å²) in [4.78, 5) is 4.18. The second kappa shape index (κ2) is 4.42. The molecule has 1 aromatic rings. The Morgan fingerprint density at radius 3 is 2.69 bits per heavy atom. The lowest BCUT2D eigenvalue weighted by Crippen LogP contribution is -2.05. The third-order valence-electron chi connectivity index (χ3n) is 2.35. The molecular weight excluding hydrogens is 164 g/mol. The molecule has 1 atom stereocenters. The Bertz CT molecular complexity index is 255. The maximum atomic E-state index is 5.57. The highest BCUT2D eigenvalue weighted by Gasteiger charge is 2.14. The minimum atomic E-state index is 0.443. The molecule has 0 radical (unpaired) electrons. The van der Waals surface area contributed by atoms with E-state index in [4.69, 9.17) is 4.42 Å². The van der Waals surface area contributed by atoms with Crippen LogP contribution < -0.4 is 5.32 Å². The fourth-order valence-electron chi connectivity index (χ4n) is 1.10. The van der Waals surface area contributed by atoms with Gasteiger partial charge in [0.1, 0.15) is 5.76 Å². The molecule has 0 aliphatic rings. The first kappa shape index (κ1) is 10.3. The van der Waals surface area contributed by atoms with Crippen molar-refractivity contribution in [1.82, 2.24) is 10.3 Å². The van der Waals surface area contributed by atoms with Crippen molar-refractivity contribution in [2.75, 3.05) is 7.05 Å². The van der Waals surface area contributed by atoms with Crippen LogP contribution in [0.1, 0.15) is 38.3 Å². The summed E-state index contributed by atoms with van der Waals surface area (Å²) in [6, 6.07) is 0. The molecule has 1 heterocycles. The van der Waals surface area contributed by atoms with Crippen LogP contribution >= 0.6 is 0 Å². The molecule has 0 saturated carbocycles. The van der Waals surface area contributed by atoms with E-state index in [9.17, 15) is 0 Å². The molecule has 74 valence electrons. The van der Waals surface area contributed by atoms with Gasteiger partial charge in [0.25, 0.3) is 0 Å². The largest absolute Gasteiger partial charge is 0.444 e. The quantitative estimate of drug-likeness (QED) is 0.775. The normalized spacial score (nSPS) is 13.6. The van der Waals surface area contributed by atoms with Crippen molar-refractivity contribution in [3.63, 3.8) is 0 Å². The number of nitrogens with one attached hydrogen (secondary N) is 1. The average Bonchev–Trinajstić information content (AvgIpc) is 2.52. The first-order valence-corrected chi connectivity index (χ1v) is 4.74. The molecule has 3 heteroatoms. The van der Waals surface area contributed by atoms with Gasteiger partial charge in [0.05, 0.1) is 12.7 Å². The molecular formula is C10H18N2O. The Morgan fingerprint density at radius 2 is 2.15 bits per heavy atom. The van der Waals surface area contributed by atoms with E-state index in [2.05, 4.69) is 31.1 Å². The fraction of sp³-hybridized carbons (Fsp3) is 0.700. The number of hydrogen-bond donors (Lipinski definition) is 1. The van der Waals surface area contributed by atoms with Crippen LogP contribution in [-0.2, 0) is 6.54 Å². The molecule has 0 aliphatic carbocycles. The Hall–Kier alpha value is -0.830. The molecule has 0 saturated heterocycles. The first-order chi connectivity index (χ1) is 6.15. The van der Waals surface area contributed by atoms with Crippen molar-refractivity contribution >= 4 is 0 Å². The summed E-state index contributed by atoms with van der Waals surface area (Å²) in [5, 5.41) is 3.01. The van der Waals surface area contributed by atoms with Crippen molar-refractivity contribution in [3.8, 4) is 0 Å². The maximum absolute atomic E-state index is 5.57. The van der Waals surface area contributed by atoms with Crippen LogP contribution in [0.15, 0.2) is 10.6 Å². The highest BCUT2D eigenvalue weighted by molar-refractivity contribution is 5.01. The van der Waals surface area contributed by atoms with Crippen molar-refractivity contribution in [2.24, 2.45) is 5.92 Å². The number of rotatable bonds is 4. The van der Waals surface area contributed by atoms with Gasteiger partial charge in [-0.15, -0.1) is 0 Å². The molecule has 0 aliphatic heterocycles. The Morgan fingerprint density at radius 1 is 1.46 bits per heavy atom. The highest BCUT2D eigenvalue weighted by Crippen LogP contribution is 2.23. The third kappa shape index (κ3) is 2.56. The van der Waals surface area contributed by atoms with E-state index in [1.54, 1.807) is 0 Å². The minimum Gasteiger partial charge on any atom is -0.444 e. The molecule has 0 amide bonds. The van der Waals surface area contributed by atoms with Crippen LogP contribution in [0.3, 0.4) is 0 Å². The van der Waals surface area contributed by atoms with Crippen molar-refractivity contribution < 1.29 is 4.42 Å². The molecule has 0 bridgehead atoms. The van der Waals surface area contributed by atoms with E-state index in [1.807, 2.05) is 13.2 Å². The van der Waals surface area contributed by atoms with Gasteiger partial charge in [0, 0.05) is 5.92 Å². The summed E-state index contributed by atoms with van der Waals surface area (Å²) in [5.41, 5.74) is 0. The van der Waals surface area contributed by atoms with E-state index in [0.717, 1.165) is 11.7 Å². The van der Waals surface area contributed by atoms with Crippen molar-refractivity contribution in [3.05, 3.63) is 17.8 Å². The fourth-order valence-corrected chi connectivity index (χ4v) is 1.10. The number of oxazole rings is 1. The van der Waals surface area contributed by atoms with Crippen LogP contribution in [0.4, 0.5) is 0 Å². The van der Waals surface area contributed by atoms with Gasteiger partial charge in [-0.05, 0) is 13.0 Å². The lowest BCUT2D eigenvalue weighted by atomic mass is 9.96. The summed E-state index contributed by atoms with van der Waals surface area (Å²) < 4.78 is 5.57. The molecule has 0 aromatic carbocycles. The predicted octanol–water partition coefficient (Wildman–Crippen LogP) is 2.15. The molecule has 3 nitrogen and oxygen atoms in total. The zero-order valence-corrected chi connectivity index (χ0v) is 8.79. The molecule has 1 N–H and O–H groups in total. The molecule has 0 fully saturated rings. The van der Waals surface area contributed by atoms with Crippen LogP contribution in [0.5, 0.6) is 0 Å². The van der Waals surface area contributed by atoms with E-state index in [0.29, 0.717) is 18.4 Å². The van der Waals surface area contributed by atoms with E-state index >= 15 is 0 Å². The summed E-state index contributed by atoms with van der Waals surface area (Å²) in [6.07, 6.45) is 1.83. The van der Waals surface area contributed by atoms with Gasteiger partial charge in [-0.3, -0.25) is 0 Å². The standard InChI is InChI=1S/C10H18N2O/c1-7(2)8(3)9-5-12-10(13-9)6-11-4/h5,7-8,11H,6H2,1-4H3. The Balaban J connectivity index is 2.67. The molecule has 13 heavy (non-hydrogen) atoms. The van der Waals surface area contributed by atoms with Crippen LogP contribution in [-0.4, -0.2) is 12.0 Å². The molecule has 1 aromatic heterocycles. The number of hydrogen-bond acceptors (Lipinski definition) is 3. The van der Waals surface area contributed by atoms with E-state index < -0.39 is 0 Å². The third-order valence-corrected chi connectivity index (χ3v) is 2.35. The first-order valence-electron chi connectivity index (χ1n) is 4.74. The lowest BCUT2D eigenvalue weighted by molar-refractivity contribution is 0.385. The monoisotopic (exact) mass is 182 g/mol. The van der Waals surface area contributed by atoms with Crippen LogP contribution in [0, 0.1) is 5.92 Å². The molecule has 1 unspecified atom stereocenters. The van der Waals surface area contributed by atoms with Gasteiger partial charge in [0.2, 0.25) is 5.89 Å². The zero-order chi connectivity index (χ0) is 9.84. The van der Waals surface area contributed by atoms with Gasteiger partial charge < -0.3 is 9.73 Å². The van der Waals surface area contributed by atoms with Crippen LogP contribution in [0.2, 0.25) is 0 Å². The Kier molecular flexibility index (Phi) is 3.48. The van der Waals surface area contributed by atoms with Gasteiger partial charge >= 0.3 is 0 Å². The Labute approximate surface area is 79.5 Å². The van der Waals surface area contributed by atoms with Gasteiger partial charge in [-0.1, -0.05) is 20.8 Å². The van der Waals surface area contributed by atoms with E-state index in [1.165, 1.54) is 0 Å². The topological polar surface area (TPSA) is 38.1 Å². The maximum Gasteiger partial charge on any atom is 0.208 e. The zero-order valence-electron chi connectivity index (χ0n) is 8.79. The van der Waals surface area contributed by atoms with Crippen molar-refractivity contribution in [1.29, 1.82) is 0 Å². The van der Waals surface area contributed by atoms with Crippen LogP contribution in [0.25, 0.3) is 0 Å². The average molecular weight is 182 g/mol. The van der Waals surface area contributed by atoms with E-state index in [-0.39, 0.29) is 0 Å². The van der Waals surface area contributed by atoms with Gasteiger partial charge in [-0.2, -0.15) is 0 Å². The van der Waals surface area contributed by atoms with Gasteiger partial charge in [-0.25, -0.2) is 4.98 Å². The smallest absolute Gasteiger partial charge is 0.208 e. The number of nitrogens with zero attached hydrogens (tertiary/aromatic N) is 1. The minimum absolute atomic E-state index is 0.443. The second-order valence-corrected chi connectivity index (χ2v) is 3.72. The highest BCUT2D eigenvalue weighted by atomic mass is 16.4. The molecule has 1 rings (SSSR count). The SMILES string of the molecule is CNCc1ncc(C(C)C(C)C)o1. The van der Waals surface area contributed by atoms with Crippen molar-refractivity contribution in [2.45, 2.75) is 33.2 Å². The predicted molar refractivity (Wildman–Crippen MR) is 52.5 cm³/mol. The number of aromatic nitrogens is 1. The summed E-state index contributed by atoms with van der Waals surface area (Å²) in [6.45, 7) is 7.23. The molecule has 0 spiro atoms.